The zero-order chi connectivity index (χ0) is 22.6. The molecule has 2 aliphatic rings. The van der Waals surface area contributed by atoms with Crippen LogP contribution in [-0.4, -0.2) is 91.9 Å². The quantitative estimate of drug-likeness (QED) is 0.398. The molecule has 1 aromatic rings. The molecule has 1 aromatic carbocycles. The third kappa shape index (κ3) is 7.00. The van der Waals surface area contributed by atoms with Gasteiger partial charge in [-0.05, 0) is 31.5 Å². The Morgan fingerprint density at radius 1 is 1.00 bits per heavy atom. The Morgan fingerprint density at radius 2 is 1.68 bits per heavy atom. The molecule has 0 bridgehead atoms. The normalized spacial score (nSPS) is 17.1. The maximum absolute atomic E-state index is 12.2. The number of benzene rings is 1. The van der Waals surface area contributed by atoms with Gasteiger partial charge in [-0.3, -0.25) is 14.6 Å². The molecule has 0 saturated carbocycles. The number of carbonyl (C=O) groups excluding carboxylic acids is 2. The molecule has 3 rings (SSSR count). The third-order valence-corrected chi connectivity index (χ3v) is 5.81. The lowest BCUT2D eigenvalue weighted by atomic mass is 10.2. The van der Waals surface area contributed by atoms with Gasteiger partial charge in [0.05, 0.1) is 12.8 Å². The van der Waals surface area contributed by atoms with Crippen molar-refractivity contribution in [3.63, 3.8) is 0 Å². The van der Waals surface area contributed by atoms with E-state index in [4.69, 9.17) is 4.74 Å². The number of unbranched alkanes of at least 4 members (excludes halogenated alkanes) is 1. The van der Waals surface area contributed by atoms with Gasteiger partial charge >= 0.3 is 6.03 Å². The zero-order valence-electron chi connectivity index (χ0n) is 18.9. The van der Waals surface area contributed by atoms with Crippen molar-refractivity contribution in [1.82, 2.24) is 14.7 Å². The fourth-order valence-corrected chi connectivity index (χ4v) is 4.13. The van der Waals surface area contributed by atoms with Gasteiger partial charge in [-0.15, -0.1) is 0 Å². The van der Waals surface area contributed by atoms with Gasteiger partial charge in [0.2, 0.25) is 5.91 Å². The second-order valence-corrected chi connectivity index (χ2v) is 7.90. The lowest BCUT2D eigenvalue weighted by molar-refractivity contribution is -0.125. The summed E-state index contributed by atoms with van der Waals surface area (Å²) in [5.74, 6) is 0.928. The topological polar surface area (TPSA) is 56.3 Å². The Bertz CT molecular complexity index is 701. The number of hydrogen-bond donors (Lipinski definition) is 0. The molecule has 2 saturated heterocycles. The van der Waals surface area contributed by atoms with Crippen LogP contribution in [-0.2, 0) is 4.79 Å². The van der Waals surface area contributed by atoms with E-state index in [-0.39, 0.29) is 42.9 Å². The molecule has 7 nitrogen and oxygen atoms in total. The molecule has 3 amide bonds. The van der Waals surface area contributed by atoms with Crippen molar-refractivity contribution in [2.45, 2.75) is 26.7 Å². The highest BCUT2D eigenvalue weighted by atomic mass is 32.2. The molecule has 0 unspecified atom stereocenters. The fraction of sp³-hybridized carbons (Fsp3) is 0.636. The van der Waals surface area contributed by atoms with Gasteiger partial charge in [-0.2, -0.15) is 3.89 Å². The number of rotatable bonds is 10. The maximum atomic E-state index is 12.2. The second-order valence-electron chi connectivity index (χ2n) is 7.27. The number of hydrogen-bond acceptors (Lipinski definition) is 6. The Labute approximate surface area is 189 Å². The molecule has 2 aliphatic heterocycles. The first-order chi connectivity index (χ1) is 15.1. The van der Waals surface area contributed by atoms with E-state index in [0.717, 1.165) is 57.0 Å². The van der Waals surface area contributed by atoms with Gasteiger partial charge in [0.25, 0.3) is 0 Å². The molecule has 174 valence electrons. The highest BCUT2D eigenvalue weighted by Crippen LogP contribution is 2.28. The lowest BCUT2D eigenvalue weighted by Gasteiger charge is -2.36. The molecule has 2 heterocycles. The molecular formula is C22H35FN4O3S. The summed E-state index contributed by atoms with van der Waals surface area (Å²) in [6.45, 7) is 9.61. The van der Waals surface area contributed by atoms with Crippen molar-refractivity contribution in [2.75, 3.05) is 70.1 Å². The number of amides is 3. The third-order valence-electron chi connectivity index (χ3n) is 5.47. The smallest absolute Gasteiger partial charge is 0.327 e. The number of urea groups is 1. The minimum Gasteiger partial charge on any atom is -0.495 e. The van der Waals surface area contributed by atoms with Crippen LogP contribution >= 0.6 is 12.1 Å². The standard InChI is InChI=1S/C20H29FN4O3S.C2H6/c1-28-18-7-3-2-6-17(18)23-12-10-22(11-13-23)8-4-5-9-25-19(26)16-24(20(25)27)14-15-29-21;1-2/h2-3,6-7H,4-5,8-16H2,1H3;1-2H3. The number of carbonyl (C=O) groups is 2. The van der Waals surface area contributed by atoms with E-state index >= 15 is 0 Å². The molecule has 0 radical (unpaired) electrons. The molecule has 31 heavy (non-hydrogen) atoms. The number of piperazine rings is 1. The van der Waals surface area contributed by atoms with Crippen molar-refractivity contribution in [3.8, 4) is 5.75 Å². The summed E-state index contributed by atoms with van der Waals surface area (Å²) in [6, 6.07) is 7.81. The van der Waals surface area contributed by atoms with E-state index in [1.807, 2.05) is 32.0 Å². The van der Waals surface area contributed by atoms with Crippen LogP contribution in [0.2, 0.25) is 0 Å². The largest absolute Gasteiger partial charge is 0.495 e. The summed E-state index contributed by atoms with van der Waals surface area (Å²) in [5, 5.41) is 0. The fourth-order valence-electron chi connectivity index (χ4n) is 3.84. The minimum atomic E-state index is -0.283. The molecular weight excluding hydrogens is 419 g/mol. The zero-order valence-corrected chi connectivity index (χ0v) is 19.7. The van der Waals surface area contributed by atoms with Crippen LogP contribution in [0.5, 0.6) is 5.75 Å². The van der Waals surface area contributed by atoms with E-state index in [9.17, 15) is 13.5 Å². The Balaban J connectivity index is 0.00000166. The van der Waals surface area contributed by atoms with Crippen LogP contribution in [0.3, 0.4) is 0 Å². The van der Waals surface area contributed by atoms with E-state index in [0.29, 0.717) is 6.54 Å². The molecule has 0 aromatic heterocycles. The number of anilines is 1. The second kappa shape index (κ2) is 13.4. The lowest BCUT2D eigenvalue weighted by Crippen LogP contribution is -2.46. The summed E-state index contributed by atoms with van der Waals surface area (Å²) in [4.78, 5) is 31.7. The van der Waals surface area contributed by atoms with Crippen molar-refractivity contribution < 1.29 is 18.2 Å². The molecule has 2 fully saturated rings. The van der Waals surface area contributed by atoms with Gasteiger partial charge < -0.3 is 14.5 Å². The first kappa shape index (κ1) is 25.3. The number of methoxy groups -OCH3 is 1. The molecule has 0 atom stereocenters. The van der Waals surface area contributed by atoms with Crippen LogP contribution in [0.4, 0.5) is 14.4 Å². The molecule has 0 spiro atoms. The Hall–Kier alpha value is -2.00. The molecule has 0 aliphatic carbocycles. The summed E-state index contributed by atoms with van der Waals surface area (Å²) < 4.78 is 17.7. The minimum absolute atomic E-state index is 0.0737. The molecule has 0 N–H and O–H groups in total. The first-order valence-electron chi connectivity index (χ1n) is 11.1. The highest BCUT2D eigenvalue weighted by molar-refractivity contribution is 7.94. The predicted octanol–water partition coefficient (Wildman–Crippen LogP) is 3.51. The highest BCUT2D eigenvalue weighted by Gasteiger charge is 2.35. The van der Waals surface area contributed by atoms with Crippen LogP contribution in [0, 0.1) is 0 Å². The number of nitrogens with zero attached hydrogens (tertiary/aromatic N) is 4. The van der Waals surface area contributed by atoms with Crippen molar-refractivity contribution >= 4 is 29.8 Å². The van der Waals surface area contributed by atoms with Crippen LogP contribution in [0.25, 0.3) is 0 Å². The average molecular weight is 455 g/mol. The SMILES string of the molecule is CC.COc1ccccc1N1CCN(CCCCN2C(=O)CN(CCSF)C2=O)CC1. The average Bonchev–Trinajstić information content (AvgIpc) is 3.09. The van der Waals surface area contributed by atoms with Gasteiger partial charge in [-0.1, -0.05) is 26.0 Å². The monoisotopic (exact) mass is 454 g/mol. The van der Waals surface area contributed by atoms with Crippen LogP contribution in [0.1, 0.15) is 26.7 Å². The Morgan fingerprint density at radius 3 is 2.35 bits per heavy atom. The van der Waals surface area contributed by atoms with Gasteiger partial charge in [0.1, 0.15) is 12.3 Å². The number of ether oxygens (including phenoxy) is 1. The number of halogens is 1. The van der Waals surface area contributed by atoms with Crippen molar-refractivity contribution in [1.29, 1.82) is 0 Å². The summed E-state index contributed by atoms with van der Waals surface area (Å²) in [7, 11) is 1.70. The van der Waals surface area contributed by atoms with Crippen molar-refractivity contribution in [3.05, 3.63) is 24.3 Å². The maximum Gasteiger partial charge on any atom is 0.327 e. The van der Waals surface area contributed by atoms with Gasteiger partial charge in [0, 0.05) is 57.2 Å². The summed E-state index contributed by atoms with van der Waals surface area (Å²) in [5.41, 5.74) is 1.14. The number of para-hydroxylation sites is 2. The molecule has 9 heteroatoms. The van der Waals surface area contributed by atoms with E-state index < -0.39 is 0 Å². The van der Waals surface area contributed by atoms with E-state index in [1.54, 1.807) is 7.11 Å². The van der Waals surface area contributed by atoms with Crippen molar-refractivity contribution in [2.24, 2.45) is 0 Å². The van der Waals surface area contributed by atoms with E-state index in [2.05, 4.69) is 15.9 Å². The van der Waals surface area contributed by atoms with Crippen LogP contribution in [0.15, 0.2) is 24.3 Å². The van der Waals surface area contributed by atoms with Crippen LogP contribution < -0.4 is 9.64 Å². The van der Waals surface area contributed by atoms with Gasteiger partial charge in [0.15, 0.2) is 0 Å². The summed E-state index contributed by atoms with van der Waals surface area (Å²) >= 11 is 0.191. The predicted molar refractivity (Wildman–Crippen MR) is 124 cm³/mol. The summed E-state index contributed by atoms with van der Waals surface area (Å²) in [6.07, 6.45) is 1.72. The number of imide groups is 1. The van der Waals surface area contributed by atoms with Gasteiger partial charge in [-0.25, -0.2) is 4.79 Å². The van der Waals surface area contributed by atoms with E-state index in [1.165, 1.54) is 9.80 Å². The Kier molecular flexibility index (Phi) is 10.9. The first-order valence-corrected chi connectivity index (χ1v) is 12.0.